The van der Waals surface area contributed by atoms with E-state index >= 15 is 0 Å². The van der Waals surface area contributed by atoms with Crippen LogP contribution in [0.25, 0.3) is 0 Å². The highest BCUT2D eigenvalue weighted by Gasteiger charge is 2.27. The first kappa shape index (κ1) is 22.7. The average molecular weight is 440 g/mol. The van der Waals surface area contributed by atoms with Crippen molar-refractivity contribution < 1.29 is 24.0 Å². The number of carbonyl (C=O) groups excluding carboxylic acids is 2. The van der Waals surface area contributed by atoms with Crippen molar-refractivity contribution in [2.45, 2.75) is 12.8 Å². The monoisotopic (exact) mass is 440 g/mol. The third kappa shape index (κ3) is 5.39. The summed E-state index contributed by atoms with van der Waals surface area (Å²) in [4.78, 5) is 37.3. The Balaban J connectivity index is 1.51. The number of hydrogen-bond acceptors (Lipinski definition) is 7. The van der Waals surface area contributed by atoms with Gasteiger partial charge in [0.1, 0.15) is 5.75 Å². The van der Waals surface area contributed by atoms with Crippen LogP contribution in [0.2, 0.25) is 0 Å². The van der Waals surface area contributed by atoms with Gasteiger partial charge in [-0.25, -0.2) is 5.43 Å². The zero-order valence-corrected chi connectivity index (χ0v) is 17.8. The highest BCUT2D eigenvalue weighted by molar-refractivity contribution is 5.94. The lowest BCUT2D eigenvalue weighted by Crippen LogP contribution is -2.42. The smallest absolute Gasteiger partial charge is 0.311 e. The summed E-state index contributed by atoms with van der Waals surface area (Å²) in [7, 11) is 2.92. The van der Waals surface area contributed by atoms with Crippen LogP contribution in [0.3, 0.4) is 0 Å². The van der Waals surface area contributed by atoms with Crippen molar-refractivity contribution in [2.24, 2.45) is 11.0 Å². The predicted octanol–water partition coefficient (Wildman–Crippen LogP) is 2.61. The van der Waals surface area contributed by atoms with E-state index in [1.807, 2.05) is 0 Å². The average Bonchev–Trinajstić information content (AvgIpc) is 2.83. The van der Waals surface area contributed by atoms with E-state index in [9.17, 15) is 19.7 Å². The van der Waals surface area contributed by atoms with Gasteiger partial charge in [-0.2, -0.15) is 5.10 Å². The van der Waals surface area contributed by atoms with Crippen LogP contribution in [0.15, 0.2) is 47.6 Å². The highest BCUT2D eigenvalue weighted by atomic mass is 16.6. The second kappa shape index (κ2) is 10.4. The molecule has 0 radical (unpaired) electrons. The molecule has 0 saturated carbocycles. The normalized spacial score (nSPS) is 14.2. The minimum Gasteiger partial charge on any atom is -0.497 e. The van der Waals surface area contributed by atoms with E-state index in [-0.39, 0.29) is 29.2 Å². The van der Waals surface area contributed by atoms with E-state index in [0.29, 0.717) is 42.8 Å². The third-order valence-electron chi connectivity index (χ3n) is 5.28. The predicted molar refractivity (Wildman–Crippen MR) is 117 cm³/mol. The van der Waals surface area contributed by atoms with Crippen molar-refractivity contribution in [3.05, 3.63) is 63.7 Å². The quantitative estimate of drug-likeness (QED) is 0.401. The summed E-state index contributed by atoms with van der Waals surface area (Å²) in [5.41, 5.74) is 3.33. The summed E-state index contributed by atoms with van der Waals surface area (Å²) in [6.07, 6.45) is 2.39. The molecular weight excluding hydrogens is 416 g/mol. The van der Waals surface area contributed by atoms with Crippen LogP contribution in [0.5, 0.6) is 11.5 Å². The Labute approximate surface area is 185 Å². The van der Waals surface area contributed by atoms with Gasteiger partial charge in [-0.05, 0) is 49.2 Å². The molecular formula is C22H24N4O6. The van der Waals surface area contributed by atoms with Gasteiger partial charge in [0.2, 0.25) is 5.91 Å². The van der Waals surface area contributed by atoms with E-state index in [1.54, 1.807) is 42.3 Å². The van der Waals surface area contributed by atoms with Crippen LogP contribution in [-0.4, -0.2) is 55.2 Å². The Morgan fingerprint density at radius 2 is 1.81 bits per heavy atom. The number of rotatable bonds is 7. The molecule has 0 unspecified atom stereocenters. The van der Waals surface area contributed by atoms with Crippen molar-refractivity contribution in [1.82, 2.24) is 10.3 Å². The summed E-state index contributed by atoms with van der Waals surface area (Å²) < 4.78 is 10.1. The Bertz CT molecular complexity index is 1010. The first-order chi connectivity index (χ1) is 15.4. The highest BCUT2D eigenvalue weighted by Crippen LogP contribution is 2.27. The fraction of sp³-hybridized carbons (Fsp3) is 0.318. The van der Waals surface area contributed by atoms with Crippen LogP contribution in [0, 0.1) is 16.0 Å². The van der Waals surface area contributed by atoms with Gasteiger partial charge in [0.15, 0.2) is 5.75 Å². The molecule has 1 aliphatic rings. The van der Waals surface area contributed by atoms with Gasteiger partial charge in [-0.1, -0.05) is 0 Å². The molecule has 1 N–H and O–H groups in total. The van der Waals surface area contributed by atoms with Crippen molar-refractivity contribution in [1.29, 1.82) is 0 Å². The number of amides is 2. The van der Waals surface area contributed by atoms with E-state index in [0.717, 1.165) is 0 Å². The topological polar surface area (TPSA) is 123 Å². The summed E-state index contributed by atoms with van der Waals surface area (Å²) in [6.45, 7) is 0.939. The van der Waals surface area contributed by atoms with E-state index < -0.39 is 4.92 Å². The molecule has 168 valence electrons. The molecule has 10 heteroatoms. The van der Waals surface area contributed by atoms with Gasteiger partial charge in [-0.3, -0.25) is 19.7 Å². The molecule has 2 amide bonds. The third-order valence-corrected chi connectivity index (χ3v) is 5.28. The van der Waals surface area contributed by atoms with Crippen molar-refractivity contribution in [3.63, 3.8) is 0 Å². The Morgan fingerprint density at radius 1 is 1.12 bits per heavy atom. The number of nitrogens with one attached hydrogen (secondary N) is 1. The molecule has 0 aromatic heterocycles. The number of hydrogen-bond donors (Lipinski definition) is 1. The van der Waals surface area contributed by atoms with Crippen LogP contribution in [0.1, 0.15) is 28.8 Å². The Hall–Kier alpha value is -3.95. The standard InChI is InChI=1S/C22H24N4O6/c1-31-18-6-4-17(5-7-18)22(28)25-11-9-16(10-12-25)21(27)24-23-14-15-3-8-20(32-2)19(13-15)26(29)30/h3-8,13-14,16H,9-12H2,1-2H3,(H,24,27)/b23-14-. The molecule has 0 bridgehead atoms. The van der Waals surface area contributed by atoms with Gasteiger partial charge in [0.25, 0.3) is 5.91 Å². The molecule has 0 aliphatic carbocycles. The van der Waals surface area contributed by atoms with Crippen molar-refractivity contribution >= 4 is 23.7 Å². The van der Waals surface area contributed by atoms with Crippen molar-refractivity contribution in [2.75, 3.05) is 27.3 Å². The van der Waals surface area contributed by atoms with Gasteiger partial charge in [-0.15, -0.1) is 0 Å². The summed E-state index contributed by atoms with van der Waals surface area (Å²) in [6, 6.07) is 11.3. The lowest BCUT2D eigenvalue weighted by molar-refractivity contribution is -0.385. The molecule has 0 spiro atoms. The van der Waals surface area contributed by atoms with Gasteiger partial charge < -0.3 is 14.4 Å². The minimum atomic E-state index is -0.546. The molecule has 2 aromatic carbocycles. The number of piperidine rings is 1. The molecule has 1 saturated heterocycles. The maximum atomic E-state index is 12.6. The van der Waals surface area contributed by atoms with Gasteiger partial charge in [0, 0.05) is 36.2 Å². The number of nitro benzene ring substituents is 1. The maximum Gasteiger partial charge on any atom is 0.311 e. The van der Waals surface area contributed by atoms with E-state index in [4.69, 9.17) is 9.47 Å². The zero-order chi connectivity index (χ0) is 23.1. The summed E-state index contributed by atoms with van der Waals surface area (Å²) in [5.74, 6) is 0.234. The van der Waals surface area contributed by atoms with Crippen LogP contribution >= 0.6 is 0 Å². The Kier molecular flexibility index (Phi) is 7.37. The van der Waals surface area contributed by atoms with E-state index in [1.165, 1.54) is 25.5 Å². The summed E-state index contributed by atoms with van der Waals surface area (Å²) in [5, 5.41) is 15.0. The first-order valence-corrected chi connectivity index (χ1v) is 10.0. The number of carbonyl (C=O) groups is 2. The lowest BCUT2D eigenvalue weighted by atomic mass is 9.95. The van der Waals surface area contributed by atoms with Crippen LogP contribution in [-0.2, 0) is 4.79 Å². The second-order valence-electron chi connectivity index (χ2n) is 7.22. The van der Waals surface area contributed by atoms with Gasteiger partial charge >= 0.3 is 5.69 Å². The van der Waals surface area contributed by atoms with Crippen molar-refractivity contribution in [3.8, 4) is 11.5 Å². The molecule has 10 nitrogen and oxygen atoms in total. The van der Waals surface area contributed by atoms with Crippen LogP contribution in [0.4, 0.5) is 5.69 Å². The van der Waals surface area contributed by atoms with Gasteiger partial charge in [0.05, 0.1) is 25.4 Å². The first-order valence-electron chi connectivity index (χ1n) is 10.0. The molecule has 2 aromatic rings. The molecule has 0 atom stereocenters. The Morgan fingerprint density at radius 3 is 2.41 bits per heavy atom. The number of ether oxygens (including phenoxy) is 2. The molecule has 32 heavy (non-hydrogen) atoms. The number of likely N-dealkylation sites (tertiary alicyclic amines) is 1. The van der Waals surface area contributed by atoms with E-state index in [2.05, 4.69) is 10.5 Å². The fourth-order valence-corrected chi connectivity index (χ4v) is 3.45. The molecule has 1 aliphatic heterocycles. The number of methoxy groups -OCH3 is 2. The lowest BCUT2D eigenvalue weighted by Gasteiger charge is -2.31. The zero-order valence-electron chi connectivity index (χ0n) is 17.8. The molecule has 3 rings (SSSR count). The second-order valence-corrected chi connectivity index (χ2v) is 7.22. The molecule has 1 heterocycles. The number of nitrogens with zero attached hydrogens (tertiary/aromatic N) is 3. The number of hydrazone groups is 1. The number of benzene rings is 2. The largest absolute Gasteiger partial charge is 0.497 e. The number of nitro groups is 1. The molecule has 1 fully saturated rings. The fourth-order valence-electron chi connectivity index (χ4n) is 3.45. The minimum absolute atomic E-state index is 0.0781. The summed E-state index contributed by atoms with van der Waals surface area (Å²) >= 11 is 0. The SMILES string of the molecule is COc1ccc(C(=O)N2CCC(C(=O)N/N=C\c3ccc(OC)c([N+](=O)[O-])c3)CC2)cc1. The maximum absolute atomic E-state index is 12.6. The van der Waals surface area contributed by atoms with Crippen LogP contribution < -0.4 is 14.9 Å².